The van der Waals surface area contributed by atoms with Crippen molar-refractivity contribution in [3.05, 3.63) is 139 Å². The molecule has 2 aromatic heterocycles. The van der Waals surface area contributed by atoms with E-state index in [0.29, 0.717) is 0 Å². The minimum Gasteiger partial charge on any atom is -0.248 e. The fourth-order valence-corrected chi connectivity index (χ4v) is 7.67. The summed E-state index contributed by atoms with van der Waals surface area (Å²) in [5.41, 5.74) is 12.2. The van der Waals surface area contributed by atoms with E-state index in [1.54, 1.807) is 0 Å². The van der Waals surface area contributed by atoms with Gasteiger partial charge in [0, 0.05) is 42.3 Å². The number of aromatic nitrogens is 1. The fourth-order valence-electron chi connectivity index (χ4n) is 6.41. The van der Waals surface area contributed by atoms with Crippen LogP contribution in [0.15, 0.2) is 127 Å². The lowest BCUT2D eigenvalue weighted by molar-refractivity contribution is 0.661. The lowest BCUT2D eigenvalue weighted by atomic mass is 9.82. The van der Waals surface area contributed by atoms with Gasteiger partial charge in [-0.25, -0.2) is 4.98 Å². The van der Waals surface area contributed by atoms with Crippen molar-refractivity contribution < 1.29 is 0 Å². The lowest BCUT2D eigenvalue weighted by Crippen LogP contribution is -2.14. The van der Waals surface area contributed by atoms with Gasteiger partial charge in [-0.2, -0.15) is 0 Å². The van der Waals surface area contributed by atoms with Crippen LogP contribution in [0.4, 0.5) is 0 Å². The molecule has 0 saturated carbocycles. The smallest absolute Gasteiger partial charge is 0.0715 e. The van der Waals surface area contributed by atoms with Crippen molar-refractivity contribution in [3.8, 4) is 44.8 Å². The molecule has 0 amide bonds. The summed E-state index contributed by atoms with van der Waals surface area (Å²) in [7, 11) is 0. The summed E-state index contributed by atoms with van der Waals surface area (Å²) in [4.78, 5) is 5.10. The summed E-state index contributed by atoms with van der Waals surface area (Å²) < 4.78 is 2.75. The highest BCUT2D eigenvalue weighted by Crippen LogP contribution is 2.54. The van der Waals surface area contributed by atoms with Gasteiger partial charge < -0.3 is 0 Å². The number of rotatable bonds is 3. The molecule has 0 unspecified atom stereocenters. The Labute approximate surface area is 238 Å². The van der Waals surface area contributed by atoms with Gasteiger partial charge in [-0.1, -0.05) is 117 Å². The van der Waals surface area contributed by atoms with Crippen molar-refractivity contribution >= 4 is 31.5 Å². The molecule has 8 rings (SSSR count). The topological polar surface area (TPSA) is 12.9 Å². The second kappa shape index (κ2) is 8.74. The normalized spacial score (nSPS) is 13.4. The second-order valence-electron chi connectivity index (χ2n) is 11.2. The summed E-state index contributed by atoms with van der Waals surface area (Å²) in [6, 6.07) is 46.0. The van der Waals surface area contributed by atoms with Crippen LogP contribution in [0.1, 0.15) is 25.0 Å². The van der Waals surface area contributed by atoms with Gasteiger partial charge in [0.15, 0.2) is 0 Å². The number of pyridine rings is 1. The largest absolute Gasteiger partial charge is 0.248 e. The van der Waals surface area contributed by atoms with E-state index in [2.05, 4.69) is 141 Å². The monoisotopic (exact) mass is 529 g/mol. The first-order valence-electron chi connectivity index (χ1n) is 13.8. The minimum absolute atomic E-state index is 0.0454. The maximum absolute atomic E-state index is 5.10. The maximum atomic E-state index is 5.10. The molecule has 0 aliphatic heterocycles. The summed E-state index contributed by atoms with van der Waals surface area (Å²) in [6.07, 6.45) is 0. The fraction of sp³-hybridized carbons (Fsp3) is 0.0789. The molecule has 0 radical (unpaired) electrons. The van der Waals surface area contributed by atoms with E-state index in [4.69, 9.17) is 4.98 Å². The molecule has 2 heteroatoms. The number of hydrogen-bond acceptors (Lipinski definition) is 2. The first kappa shape index (κ1) is 23.4. The first-order chi connectivity index (χ1) is 19.6. The zero-order valence-corrected chi connectivity index (χ0v) is 23.3. The molecule has 5 aromatic carbocycles. The van der Waals surface area contributed by atoms with Gasteiger partial charge in [-0.15, -0.1) is 11.3 Å². The Hall–Kier alpha value is -4.53. The number of fused-ring (bicyclic) bond motifs is 7. The molecule has 0 N–H and O–H groups in total. The van der Waals surface area contributed by atoms with E-state index < -0.39 is 0 Å². The molecule has 7 aromatic rings. The second-order valence-corrected chi connectivity index (χ2v) is 12.3. The molecule has 190 valence electrons. The standard InChI is InChI=1S/C38H27NS/c1-38(2)31-19-17-26(21-30(31)36-32(38)20-18-29-28-15-9-10-16-35(28)40-37(29)36)27-22-33(24-11-5-3-6-12-24)39-34(23-27)25-13-7-4-8-14-25/h3-23H,1-2H3. The summed E-state index contributed by atoms with van der Waals surface area (Å²) in [6.45, 7) is 4.73. The van der Waals surface area contributed by atoms with Gasteiger partial charge in [0.2, 0.25) is 0 Å². The molecule has 2 heterocycles. The molecular formula is C38H27NS. The van der Waals surface area contributed by atoms with Crippen LogP contribution in [0.5, 0.6) is 0 Å². The quantitative estimate of drug-likeness (QED) is 0.222. The van der Waals surface area contributed by atoms with Crippen LogP contribution in [-0.4, -0.2) is 4.98 Å². The third-order valence-corrected chi connectivity index (χ3v) is 9.68. The molecule has 40 heavy (non-hydrogen) atoms. The molecule has 0 bridgehead atoms. The van der Waals surface area contributed by atoms with Gasteiger partial charge in [0.05, 0.1) is 11.4 Å². The SMILES string of the molecule is CC1(C)c2ccc(-c3cc(-c4ccccc4)nc(-c4ccccc4)c3)cc2-c2c1ccc1c2sc2ccccc21. The van der Waals surface area contributed by atoms with Gasteiger partial charge in [0.1, 0.15) is 0 Å². The minimum atomic E-state index is -0.0454. The molecule has 0 saturated heterocycles. The Balaban J connectivity index is 1.37. The molecule has 1 aliphatic carbocycles. The summed E-state index contributed by atoms with van der Waals surface area (Å²) in [5, 5.41) is 2.71. The van der Waals surface area contributed by atoms with Crippen LogP contribution in [-0.2, 0) is 5.41 Å². The van der Waals surface area contributed by atoms with Crippen molar-refractivity contribution in [2.75, 3.05) is 0 Å². The number of benzene rings is 5. The van der Waals surface area contributed by atoms with E-state index in [-0.39, 0.29) is 5.41 Å². The van der Waals surface area contributed by atoms with E-state index in [9.17, 15) is 0 Å². The number of hydrogen-bond donors (Lipinski definition) is 0. The van der Waals surface area contributed by atoms with E-state index in [1.165, 1.54) is 53.6 Å². The van der Waals surface area contributed by atoms with E-state index in [1.807, 2.05) is 11.3 Å². The van der Waals surface area contributed by atoms with E-state index in [0.717, 1.165) is 22.5 Å². The Morgan fingerprint density at radius 1 is 0.525 bits per heavy atom. The molecule has 0 atom stereocenters. The zero-order chi connectivity index (χ0) is 26.8. The third kappa shape index (κ3) is 3.50. The lowest BCUT2D eigenvalue weighted by Gasteiger charge is -2.21. The Morgan fingerprint density at radius 3 is 1.85 bits per heavy atom. The zero-order valence-electron chi connectivity index (χ0n) is 22.5. The van der Waals surface area contributed by atoms with E-state index >= 15 is 0 Å². The number of nitrogens with zero attached hydrogens (tertiary/aromatic N) is 1. The Bertz CT molecular complexity index is 2010. The van der Waals surface area contributed by atoms with Crippen LogP contribution in [0.25, 0.3) is 64.9 Å². The van der Waals surface area contributed by atoms with Gasteiger partial charge in [0.25, 0.3) is 0 Å². The van der Waals surface area contributed by atoms with Crippen LogP contribution < -0.4 is 0 Å². The van der Waals surface area contributed by atoms with Gasteiger partial charge >= 0.3 is 0 Å². The van der Waals surface area contributed by atoms with Crippen LogP contribution in [0.2, 0.25) is 0 Å². The van der Waals surface area contributed by atoms with Crippen molar-refractivity contribution in [1.82, 2.24) is 4.98 Å². The predicted molar refractivity (Wildman–Crippen MR) is 171 cm³/mol. The third-order valence-electron chi connectivity index (χ3n) is 8.48. The first-order valence-corrected chi connectivity index (χ1v) is 14.6. The average Bonchev–Trinajstić information content (AvgIpc) is 3.50. The molecule has 0 fully saturated rings. The Morgan fingerprint density at radius 2 is 1.15 bits per heavy atom. The van der Waals surface area contributed by atoms with Crippen LogP contribution in [0.3, 0.4) is 0 Å². The highest BCUT2D eigenvalue weighted by molar-refractivity contribution is 7.26. The maximum Gasteiger partial charge on any atom is 0.0715 e. The highest BCUT2D eigenvalue weighted by Gasteiger charge is 2.37. The van der Waals surface area contributed by atoms with Gasteiger partial charge in [-0.05, 0) is 52.1 Å². The Kier molecular flexibility index (Phi) is 5.11. The summed E-state index contributed by atoms with van der Waals surface area (Å²) in [5.74, 6) is 0. The van der Waals surface area contributed by atoms with Crippen molar-refractivity contribution in [2.45, 2.75) is 19.3 Å². The molecule has 1 nitrogen and oxygen atoms in total. The van der Waals surface area contributed by atoms with Crippen molar-refractivity contribution in [2.24, 2.45) is 0 Å². The summed E-state index contributed by atoms with van der Waals surface area (Å²) >= 11 is 1.92. The van der Waals surface area contributed by atoms with Crippen molar-refractivity contribution in [1.29, 1.82) is 0 Å². The van der Waals surface area contributed by atoms with Gasteiger partial charge in [-0.3, -0.25) is 0 Å². The molecule has 0 spiro atoms. The highest BCUT2D eigenvalue weighted by atomic mass is 32.1. The van der Waals surface area contributed by atoms with Crippen LogP contribution in [0, 0.1) is 0 Å². The average molecular weight is 530 g/mol. The molecular weight excluding hydrogens is 502 g/mol. The molecule has 1 aliphatic rings. The number of thiophene rings is 1. The predicted octanol–water partition coefficient (Wildman–Crippen LogP) is 10.8. The van der Waals surface area contributed by atoms with Crippen LogP contribution >= 0.6 is 11.3 Å². The van der Waals surface area contributed by atoms with Crippen molar-refractivity contribution in [3.63, 3.8) is 0 Å².